The number of carbonyl (C=O) groups excluding carboxylic acids is 1. The Kier molecular flexibility index (Phi) is 6.92. The molecule has 0 radical (unpaired) electrons. The van der Waals surface area contributed by atoms with E-state index in [9.17, 15) is 14.0 Å². The number of carboxylic acids is 1. The third-order valence-corrected chi connectivity index (χ3v) is 5.72. The van der Waals surface area contributed by atoms with Gasteiger partial charge in [0.1, 0.15) is 11.9 Å². The Balaban J connectivity index is 1.34. The molecule has 0 saturated heterocycles. The molecule has 1 aliphatic rings. The predicted octanol–water partition coefficient (Wildman–Crippen LogP) is 4.58. The number of rotatable bonds is 7. The predicted molar refractivity (Wildman–Crippen MR) is 120 cm³/mol. The van der Waals surface area contributed by atoms with E-state index < -0.39 is 17.7 Å². The van der Waals surface area contributed by atoms with E-state index in [0.717, 1.165) is 0 Å². The van der Waals surface area contributed by atoms with Crippen LogP contribution in [-0.4, -0.2) is 38.3 Å². The van der Waals surface area contributed by atoms with Crippen molar-refractivity contribution in [2.75, 3.05) is 10.6 Å². The lowest BCUT2D eigenvalue weighted by Gasteiger charge is -2.26. The molecule has 0 unspecified atom stereocenters. The Bertz CT molecular complexity index is 1210. The zero-order valence-corrected chi connectivity index (χ0v) is 18.8. The molecule has 1 amide bonds. The number of aromatic nitrogens is 3. The van der Waals surface area contributed by atoms with Gasteiger partial charge in [0, 0.05) is 11.8 Å². The number of amides is 1. The molecule has 4 rings (SSSR count). The van der Waals surface area contributed by atoms with Gasteiger partial charge in [-0.05, 0) is 56.4 Å². The highest BCUT2D eigenvalue weighted by molar-refractivity contribution is 6.31. The zero-order valence-electron chi connectivity index (χ0n) is 18.0. The number of nitrogens with zero attached hydrogens (tertiary/aromatic N) is 3. The Morgan fingerprint density at radius 1 is 1.21 bits per heavy atom. The number of hydrogen-bond acceptors (Lipinski definition) is 8. The van der Waals surface area contributed by atoms with Crippen LogP contribution < -0.4 is 15.4 Å². The van der Waals surface area contributed by atoms with Crippen LogP contribution in [0.3, 0.4) is 0 Å². The molecule has 1 fully saturated rings. The minimum absolute atomic E-state index is 0.0657. The van der Waals surface area contributed by atoms with Crippen LogP contribution in [0.15, 0.2) is 34.9 Å². The molecule has 1 aliphatic carbocycles. The van der Waals surface area contributed by atoms with E-state index in [1.54, 1.807) is 13.0 Å². The van der Waals surface area contributed by atoms with Gasteiger partial charge in [0.05, 0.1) is 22.8 Å². The summed E-state index contributed by atoms with van der Waals surface area (Å²) in [5.41, 5.74) is 1.55. The highest BCUT2D eigenvalue weighted by atomic mass is 35.5. The standard InChI is InChI=1S/C22H21ClFN5O5/c1-11-8-18(33-14-5-2-12(3-6-14)21(31)32)25-10-17(11)27-19(30)20-28-29-22(34-20)26-13-4-7-16(24)15(23)9-13/h4,7-10,12,14H,2-3,5-6H2,1H3,(H,26,29)(H,27,30)(H,31,32). The third-order valence-electron chi connectivity index (χ3n) is 5.43. The summed E-state index contributed by atoms with van der Waals surface area (Å²) in [6, 6.07) is 5.58. The first-order valence-corrected chi connectivity index (χ1v) is 10.9. The number of hydrogen-bond donors (Lipinski definition) is 3. The van der Waals surface area contributed by atoms with Crippen molar-refractivity contribution in [3.05, 3.63) is 52.8 Å². The van der Waals surface area contributed by atoms with Gasteiger partial charge in [-0.25, -0.2) is 9.37 Å². The molecule has 2 aromatic heterocycles. The summed E-state index contributed by atoms with van der Waals surface area (Å²) >= 11 is 5.74. The first-order valence-electron chi connectivity index (χ1n) is 10.5. The number of nitrogens with one attached hydrogen (secondary N) is 2. The molecule has 1 saturated carbocycles. The van der Waals surface area contributed by atoms with Crippen LogP contribution in [0.5, 0.6) is 5.88 Å². The van der Waals surface area contributed by atoms with Gasteiger partial charge in [-0.1, -0.05) is 16.7 Å². The summed E-state index contributed by atoms with van der Waals surface area (Å²) in [4.78, 5) is 27.8. The highest BCUT2D eigenvalue weighted by Gasteiger charge is 2.27. The summed E-state index contributed by atoms with van der Waals surface area (Å²) in [6.07, 6.45) is 3.80. The molecular weight excluding hydrogens is 469 g/mol. The normalized spacial score (nSPS) is 17.7. The van der Waals surface area contributed by atoms with Crippen molar-refractivity contribution in [3.8, 4) is 5.88 Å². The van der Waals surface area contributed by atoms with Crippen molar-refractivity contribution in [2.24, 2.45) is 5.92 Å². The lowest BCUT2D eigenvalue weighted by molar-refractivity contribution is -0.143. The van der Waals surface area contributed by atoms with Crippen molar-refractivity contribution in [1.82, 2.24) is 15.2 Å². The highest BCUT2D eigenvalue weighted by Crippen LogP contribution is 2.28. The third kappa shape index (κ3) is 5.60. The number of ether oxygens (including phenoxy) is 1. The molecule has 34 heavy (non-hydrogen) atoms. The SMILES string of the molecule is Cc1cc(OC2CCC(C(=O)O)CC2)ncc1NC(=O)c1nnc(Nc2ccc(F)c(Cl)c2)o1. The first kappa shape index (κ1) is 23.4. The molecule has 12 heteroatoms. The second kappa shape index (κ2) is 10.0. The topological polar surface area (TPSA) is 139 Å². The summed E-state index contributed by atoms with van der Waals surface area (Å²) in [5, 5.41) is 21.9. The van der Waals surface area contributed by atoms with E-state index >= 15 is 0 Å². The van der Waals surface area contributed by atoms with Gasteiger partial charge in [0.2, 0.25) is 5.88 Å². The summed E-state index contributed by atoms with van der Waals surface area (Å²) in [7, 11) is 0. The molecule has 0 spiro atoms. The van der Waals surface area contributed by atoms with Crippen LogP contribution in [0.25, 0.3) is 0 Å². The zero-order chi connectivity index (χ0) is 24.2. The van der Waals surface area contributed by atoms with Crippen LogP contribution in [0.4, 0.5) is 21.8 Å². The maximum atomic E-state index is 13.3. The van der Waals surface area contributed by atoms with Gasteiger partial charge in [0.25, 0.3) is 0 Å². The maximum Gasteiger partial charge on any atom is 0.320 e. The van der Waals surface area contributed by atoms with Crippen LogP contribution in [0.1, 0.15) is 41.9 Å². The van der Waals surface area contributed by atoms with Gasteiger partial charge >= 0.3 is 23.8 Å². The van der Waals surface area contributed by atoms with Gasteiger partial charge in [-0.2, -0.15) is 0 Å². The number of aryl methyl sites for hydroxylation is 1. The van der Waals surface area contributed by atoms with Gasteiger partial charge in [0.15, 0.2) is 0 Å². The lowest BCUT2D eigenvalue weighted by Crippen LogP contribution is -2.28. The minimum atomic E-state index is -0.767. The van der Waals surface area contributed by atoms with Crippen molar-refractivity contribution in [3.63, 3.8) is 0 Å². The number of carbonyl (C=O) groups is 2. The second-order valence-electron chi connectivity index (χ2n) is 7.89. The number of halogens is 2. The average molecular weight is 490 g/mol. The fraction of sp³-hybridized carbons (Fsp3) is 0.318. The monoisotopic (exact) mass is 489 g/mol. The first-order chi connectivity index (χ1) is 16.3. The molecule has 0 atom stereocenters. The minimum Gasteiger partial charge on any atom is -0.481 e. The Morgan fingerprint density at radius 2 is 1.97 bits per heavy atom. The molecule has 1 aromatic carbocycles. The molecule has 178 valence electrons. The average Bonchev–Trinajstić information content (AvgIpc) is 3.27. The summed E-state index contributed by atoms with van der Waals surface area (Å²) in [6.45, 7) is 1.78. The van der Waals surface area contributed by atoms with Crippen molar-refractivity contribution in [1.29, 1.82) is 0 Å². The van der Waals surface area contributed by atoms with Gasteiger partial charge in [-0.15, -0.1) is 5.10 Å². The summed E-state index contributed by atoms with van der Waals surface area (Å²) in [5.74, 6) is -2.17. The smallest absolute Gasteiger partial charge is 0.320 e. The summed E-state index contributed by atoms with van der Waals surface area (Å²) < 4.78 is 24.5. The number of carboxylic acid groups (broad SMARTS) is 1. The fourth-order valence-electron chi connectivity index (χ4n) is 3.56. The van der Waals surface area contributed by atoms with Crippen molar-refractivity contribution >= 4 is 40.9 Å². The number of benzene rings is 1. The molecular formula is C22H21ClFN5O5. The van der Waals surface area contributed by atoms with Gasteiger partial charge < -0.3 is 24.9 Å². The molecule has 0 bridgehead atoms. The van der Waals surface area contributed by atoms with E-state index in [0.29, 0.717) is 48.5 Å². The fourth-order valence-corrected chi connectivity index (χ4v) is 3.74. The van der Waals surface area contributed by atoms with E-state index in [4.69, 9.17) is 25.9 Å². The van der Waals surface area contributed by atoms with E-state index in [-0.39, 0.29) is 28.9 Å². The van der Waals surface area contributed by atoms with Crippen LogP contribution in [-0.2, 0) is 4.79 Å². The maximum absolute atomic E-state index is 13.3. The van der Waals surface area contributed by atoms with Crippen LogP contribution >= 0.6 is 11.6 Å². The number of pyridine rings is 1. The Morgan fingerprint density at radius 3 is 2.65 bits per heavy atom. The molecule has 2 heterocycles. The van der Waals surface area contributed by atoms with Gasteiger partial charge in [-0.3, -0.25) is 9.59 Å². The van der Waals surface area contributed by atoms with E-state index in [1.165, 1.54) is 24.4 Å². The van der Waals surface area contributed by atoms with Crippen LogP contribution in [0, 0.1) is 18.7 Å². The number of anilines is 3. The van der Waals surface area contributed by atoms with E-state index in [2.05, 4.69) is 25.8 Å². The lowest BCUT2D eigenvalue weighted by atomic mass is 9.87. The quantitative estimate of drug-likeness (QED) is 0.434. The van der Waals surface area contributed by atoms with Crippen molar-refractivity contribution < 1.29 is 28.2 Å². The number of aliphatic carboxylic acids is 1. The Hall–Kier alpha value is -3.73. The molecule has 3 N–H and O–H groups in total. The van der Waals surface area contributed by atoms with Crippen LogP contribution in [0.2, 0.25) is 5.02 Å². The van der Waals surface area contributed by atoms with E-state index in [1.807, 2.05) is 0 Å². The molecule has 0 aliphatic heterocycles. The Labute approximate surface area is 198 Å². The molecule has 3 aromatic rings. The largest absolute Gasteiger partial charge is 0.481 e. The molecule has 10 nitrogen and oxygen atoms in total. The second-order valence-corrected chi connectivity index (χ2v) is 8.29. The van der Waals surface area contributed by atoms with Crippen molar-refractivity contribution in [2.45, 2.75) is 38.7 Å².